The molecule has 0 bridgehead atoms. The van der Waals surface area contributed by atoms with Crippen LogP contribution in [0, 0.1) is 0 Å². The van der Waals surface area contributed by atoms with E-state index in [1.165, 1.54) is 21.8 Å². The highest BCUT2D eigenvalue weighted by Gasteiger charge is 2.22. The van der Waals surface area contributed by atoms with Crippen LogP contribution in [0.15, 0.2) is 133 Å². The van der Waals surface area contributed by atoms with E-state index in [1.54, 1.807) is 0 Å². The highest BCUT2D eigenvalue weighted by molar-refractivity contribution is 6.07. The molecule has 0 saturated carbocycles. The fraction of sp³-hybridized carbons (Fsp3) is 0.0833. The zero-order chi connectivity index (χ0) is 26.6. The number of carbonyl (C=O) groups excluding carboxylic acids is 1. The number of carbonyl (C=O) groups is 1. The summed E-state index contributed by atoms with van der Waals surface area (Å²) in [6.07, 6.45) is -0.0777. The molecular formula is C36H29NO2. The Morgan fingerprint density at radius 3 is 1.46 bits per heavy atom. The number of benzene rings is 6. The fourth-order valence-electron chi connectivity index (χ4n) is 5.27. The van der Waals surface area contributed by atoms with Gasteiger partial charge in [-0.15, -0.1) is 0 Å². The van der Waals surface area contributed by atoms with Gasteiger partial charge in [0.1, 0.15) is 0 Å². The summed E-state index contributed by atoms with van der Waals surface area (Å²) in [4.78, 5) is 15.6. The van der Waals surface area contributed by atoms with Gasteiger partial charge in [0.2, 0.25) is 0 Å². The van der Waals surface area contributed by atoms with Crippen LogP contribution in [0.2, 0.25) is 0 Å². The zero-order valence-electron chi connectivity index (χ0n) is 21.8. The smallest absolute Gasteiger partial charge is 0.306 e. The fourth-order valence-corrected chi connectivity index (χ4v) is 5.27. The van der Waals surface area contributed by atoms with Gasteiger partial charge in [-0.05, 0) is 33.7 Å². The van der Waals surface area contributed by atoms with Crippen molar-refractivity contribution in [3.63, 3.8) is 0 Å². The Balaban J connectivity index is 0.000000176. The van der Waals surface area contributed by atoms with Crippen molar-refractivity contribution in [2.75, 3.05) is 0 Å². The van der Waals surface area contributed by atoms with Crippen molar-refractivity contribution in [2.24, 2.45) is 0 Å². The normalized spacial score (nSPS) is 11.1. The summed E-state index contributed by atoms with van der Waals surface area (Å²) >= 11 is 0. The standard InChI is InChI=1S/C24H20O2.C12H9N/c1-2-23(25)26-24(21-15-7-11-17-9-3-5-13-19(17)21)22-16-8-12-18-10-4-6-14-20(18)22;1-3-7-11-9(5-1)10-6-2-4-8-12(10)13-11/h3-16,24H,2H2,1H3;1-8,13H. The third-order valence-corrected chi connectivity index (χ3v) is 7.16. The molecule has 190 valence electrons. The number of H-pyrrole nitrogens is 1. The average Bonchev–Trinajstić information content (AvgIpc) is 3.38. The molecule has 39 heavy (non-hydrogen) atoms. The molecule has 0 aliphatic rings. The van der Waals surface area contributed by atoms with E-state index in [-0.39, 0.29) is 5.97 Å². The van der Waals surface area contributed by atoms with Crippen molar-refractivity contribution >= 4 is 49.3 Å². The predicted molar refractivity (Wildman–Crippen MR) is 162 cm³/mol. The summed E-state index contributed by atoms with van der Waals surface area (Å²) in [5, 5.41) is 7.11. The second-order valence-electron chi connectivity index (χ2n) is 9.58. The lowest BCUT2D eigenvalue weighted by Crippen LogP contribution is -2.12. The number of fused-ring (bicyclic) bond motifs is 5. The number of hydrogen-bond acceptors (Lipinski definition) is 2. The molecule has 0 fully saturated rings. The highest BCUT2D eigenvalue weighted by atomic mass is 16.5. The number of rotatable bonds is 4. The Morgan fingerprint density at radius 2 is 0.974 bits per heavy atom. The molecule has 0 aliphatic heterocycles. The molecule has 7 aromatic rings. The molecule has 1 heterocycles. The Morgan fingerprint density at radius 1 is 0.564 bits per heavy atom. The third kappa shape index (κ3) is 4.87. The summed E-state index contributed by atoms with van der Waals surface area (Å²) < 4.78 is 5.95. The molecular weight excluding hydrogens is 478 g/mol. The Kier molecular flexibility index (Phi) is 6.80. The van der Waals surface area contributed by atoms with Gasteiger partial charge in [-0.25, -0.2) is 0 Å². The maximum absolute atomic E-state index is 12.2. The molecule has 6 aromatic carbocycles. The van der Waals surface area contributed by atoms with Crippen LogP contribution in [0.25, 0.3) is 43.4 Å². The zero-order valence-corrected chi connectivity index (χ0v) is 21.8. The largest absolute Gasteiger partial charge is 0.452 e. The number of ether oxygens (including phenoxy) is 1. The highest BCUT2D eigenvalue weighted by Crippen LogP contribution is 2.35. The van der Waals surface area contributed by atoms with Gasteiger partial charge >= 0.3 is 5.97 Å². The van der Waals surface area contributed by atoms with Crippen LogP contribution < -0.4 is 0 Å². The number of nitrogens with one attached hydrogen (secondary N) is 1. The lowest BCUT2D eigenvalue weighted by Gasteiger charge is -2.22. The minimum absolute atomic E-state index is 0.198. The second-order valence-corrected chi connectivity index (χ2v) is 9.58. The van der Waals surface area contributed by atoms with Crippen LogP contribution >= 0.6 is 0 Å². The van der Waals surface area contributed by atoms with Gasteiger partial charge in [-0.1, -0.05) is 128 Å². The van der Waals surface area contributed by atoms with Gasteiger partial charge in [0.25, 0.3) is 0 Å². The lowest BCUT2D eigenvalue weighted by molar-refractivity contribution is -0.147. The quantitative estimate of drug-likeness (QED) is 0.241. The molecule has 1 aromatic heterocycles. The molecule has 7 rings (SSSR count). The summed E-state index contributed by atoms with van der Waals surface area (Å²) in [5.41, 5.74) is 4.45. The van der Waals surface area contributed by atoms with E-state index in [9.17, 15) is 4.79 Å². The van der Waals surface area contributed by atoms with Crippen LogP contribution in [-0.4, -0.2) is 11.0 Å². The minimum Gasteiger partial charge on any atom is -0.452 e. The van der Waals surface area contributed by atoms with E-state index in [2.05, 4.69) is 102 Å². The third-order valence-electron chi connectivity index (χ3n) is 7.16. The first-order chi connectivity index (χ1) is 19.2. The average molecular weight is 508 g/mol. The van der Waals surface area contributed by atoms with Gasteiger partial charge in [0, 0.05) is 39.4 Å². The molecule has 1 N–H and O–H groups in total. The maximum atomic E-state index is 12.2. The van der Waals surface area contributed by atoms with Gasteiger partial charge < -0.3 is 9.72 Å². The van der Waals surface area contributed by atoms with Gasteiger partial charge in [0.05, 0.1) is 0 Å². The van der Waals surface area contributed by atoms with E-state index in [0.29, 0.717) is 6.42 Å². The molecule has 0 unspecified atom stereocenters. The van der Waals surface area contributed by atoms with Crippen LogP contribution in [0.3, 0.4) is 0 Å². The summed E-state index contributed by atoms with van der Waals surface area (Å²) in [6.45, 7) is 1.82. The molecule has 0 amide bonds. The lowest BCUT2D eigenvalue weighted by atomic mass is 9.92. The predicted octanol–water partition coefficient (Wildman–Crippen LogP) is 9.36. The first-order valence-corrected chi connectivity index (χ1v) is 13.3. The molecule has 0 atom stereocenters. The summed E-state index contributed by atoms with van der Waals surface area (Å²) in [5.74, 6) is -0.198. The maximum Gasteiger partial charge on any atom is 0.306 e. The van der Waals surface area contributed by atoms with Crippen LogP contribution in [-0.2, 0) is 9.53 Å². The van der Waals surface area contributed by atoms with Crippen LogP contribution in [0.5, 0.6) is 0 Å². The molecule has 0 radical (unpaired) electrons. The molecule has 3 nitrogen and oxygen atoms in total. The van der Waals surface area contributed by atoms with E-state index >= 15 is 0 Å². The van der Waals surface area contributed by atoms with Gasteiger partial charge in [-0.3, -0.25) is 4.79 Å². The van der Waals surface area contributed by atoms with Gasteiger partial charge in [-0.2, -0.15) is 0 Å². The number of aromatic nitrogens is 1. The van der Waals surface area contributed by atoms with Crippen molar-refractivity contribution in [2.45, 2.75) is 19.4 Å². The number of para-hydroxylation sites is 2. The summed E-state index contributed by atoms with van der Waals surface area (Å²) in [7, 11) is 0. The van der Waals surface area contributed by atoms with Crippen LogP contribution in [0.1, 0.15) is 30.6 Å². The van der Waals surface area contributed by atoms with E-state index < -0.39 is 6.10 Å². The van der Waals surface area contributed by atoms with Crippen molar-refractivity contribution < 1.29 is 9.53 Å². The second kappa shape index (κ2) is 10.8. The number of hydrogen-bond donors (Lipinski definition) is 1. The minimum atomic E-state index is -0.431. The molecule has 0 saturated heterocycles. The van der Waals surface area contributed by atoms with Crippen LogP contribution in [0.4, 0.5) is 0 Å². The van der Waals surface area contributed by atoms with Gasteiger partial charge in [0.15, 0.2) is 6.10 Å². The first kappa shape index (κ1) is 24.4. The summed E-state index contributed by atoms with van der Waals surface area (Å²) in [6, 6.07) is 45.5. The number of esters is 1. The Hall–Kier alpha value is -4.89. The first-order valence-electron chi connectivity index (χ1n) is 13.3. The topological polar surface area (TPSA) is 42.1 Å². The Labute approximate surface area is 227 Å². The van der Waals surface area contributed by atoms with E-state index in [4.69, 9.17) is 4.74 Å². The van der Waals surface area contributed by atoms with E-state index in [0.717, 1.165) is 32.7 Å². The SMILES string of the molecule is CCC(=O)OC(c1cccc2ccccc12)c1cccc2ccccc12.c1ccc2c(c1)[nH]c1ccccc12. The van der Waals surface area contributed by atoms with Crippen molar-refractivity contribution in [3.05, 3.63) is 145 Å². The molecule has 0 spiro atoms. The molecule has 3 heteroatoms. The monoisotopic (exact) mass is 507 g/mol. The Bertz CT molecular complexity index is 1780. The molecule has 0 aliphatic carbocycles. The number of aromatic amines is 1. The van der Waals surface area contributed by atoms with Crippen molar-refractivity contribution in [1.82, 2.24) is 4.98 Å². The van der Waals surface area contributed by atoms with E-state index in [1.807, 2.05) is 43.3 Å². The van der Waals surface area contributed by atoms with Crippen molar-refractivity contribution in [3.8, 4) is 0 Å². The van der Waals surface area contributed by atoms with Crippen molar-refractivity contribution in [1.29, 1.82) is 0 Å².